The molecule has 0 fully saturated rings. The van der Waals surface area contributed by atoms with Gasteiger partial charge in [0, 0.05) is 18.7 Å². The largest absolute Gasteiger partial charge is 0.399 e. The number of nitrogens with two attached hydrogens (primary N) is 1. The quantitative estimate of drug-likeness (QED) is 0.565. The van der Waals surface area contributed by atoms with Crippen molar-refractivity contribution in [2.75, 3.05) is 18.8 Å². The second-order valence-electron chi connectivity index (χ2n) is 4.64. The highest BCUT2D eigenvalue weighted by molar-refractivity contribution is 5.40. The standard InChI is InChI=1S/C15H23N3/c1-2-10-18(11-5-3-4-9-16)13-14-7-6-8-15(17)12-14/h6-8,12H,2-5,10-11,13,17H2,1H3. The Labute approximate surface area is 110 Å². The van der Waals surface area contributed by atoms with Crippen LogP contribution < -0.4 is 5.73 Å². The first-order chi connectivity index (χ1) is 8.76. The number of anilines is 1. The predicted octanol–water partition coefficient (Wildman–Crippen LogP) is 3.17. The number of rotatable bonds is 8. The lowest BCUT2D eigenvalue weighted by atomic mass is 10.1. The van der Waals surface area contributed by atoms with Crippen LogP contribution in [0.5, 0.6) is 0 Å². The molecule has 0 spiro atoms. The summed E-state index contributed by atoms with van der Waals surface area (Å²) in [5.41, 5.74) is 7.89. The van der Waals surface area contributed by atoms with Gasteiger partial charge in [-0.2, -0.15) is 5.26 Å². The van der Waals surface area contributed by atoms with E-state index in [1.807, 2.05) is 18.2 Å². The zero-order valence-corrected chi connectivity index (χ0v) is 11.2. The zero-order chi connectivity index (χ0) is 13.2. The molecular weight excluding hydrogens is 222 g/mol. The summed E-state index contributed by atoms with van der Waals surface area (Å²) in [6.07, 6.45) is 3.91. The van der Waals surface area contributed by atoms with Crippen molar-refractivity contribution >= 4 is 5.69 Å². The number of hydrogen-bond donors (Lipinski definition) is 1. The van der Waals surface area contributed by atoms with Gasteiger partial charge in [0.05, 0.1) is 6.07 Å². The molecule has 0 bridgehead atoms. The first kappa shape index (κ1) is 14.5. The van der Waals surface area contributed by atoms with Crippen molar-refractivity contribution in [2.24, 2.45) is 0 Å². The maximum atomic E-state index is 8.52. The maximum absolute atomic E-state index is 8.52. The van der Waals surface area contributed by atoms with Crippen molar-refractivity contribution in [3.8, 4) is 6.07 Å². The molecule has 1 aromatic rings. The van der Waals surface area contributed by atoms with Crippen LogP contribution in [0.2, 0.25) is 0 Å². The van der Waals surface area contributed by atoms with Crippen LogP contribution in [-0.2, 0) is 6.54 Å². The van der Waals surface area contributed by atoms with E-state index < -0.39 is 0 Å². The third-order valence-corrected chi connectivity index (χ3v) is 2.91. The Morgan fingerprint density at radius 1 is 1.28 bits per heavy atom. The minimum absolute atomic E-state index is 0.665. The molecule has 0 aliphatic heterocycles. The molecule has 2 N–H and O–H groups in total. The summed E-state index contributed by atoms with van der Waals surface area (Å²) in [6.45, 7) is 5.30. The van der Waals surface area contributed by atoms with Gasteiger partial charge in [-0.3, -0.25) is 4.90 Å². The number of nitrogen functional groups attached to an aromatic ring is 1. The van der Waals surface area contributed by atoms with E-state index in [9.17, 15) is 0 Å². The topological polar surface area (TPSA) is 53.0 Å². The van der Waals surface area contributed by atoms with Crippen molar-refractivity contribution in [3.63, 3.8) is 0 Å². The number of benzene rings is 1. The minimum Gasteiger partial charge on any atom is -0.399 e. The van der Waals surface area contributed by atoms with Crippen molar-refractivity contribution < 1.29 is 0 Å². The van der Waals surface area contributed by atoms with Gasteiger partial charge in [0.1, 0.15) is 0 Å². The van der Waals surface area contributed by atoms with Crippen LogP contribution in [0.25, 0.3) is 0 Å². The number of nitriles is 1. The maximum Gasteiger partial charge on any atom is 0.0621 e. The van der Waals surface area contributed by atoms with Crippen LogP contribution in [0.4, 0.5) is 5.69 Å². The average Bonchev–Trinajstić information content (AvgIpc) is 2.35. The van der Waals surface area contributed by atoms with Gasteiger partial charge in [-0.05, 0) is 50.0 Å². The molecule has 0 saturated carbocycles. The fourth-order valence-corrected chi connectivity index (χ4v) is 2.08. The molecule has 98 valence electrons. The van der Waals surface area contributed by atoms with Gasteiger partial charge in [0.15, 0.2) is 0 Å². The van der Waals surface area contributed by atoms with E-state index in [0.717, 1.165) is 44.6 Å². The summed E-state index contributed by atoms with van der Waals surface area (Å²) in [5, 5.41) is 8.52. The lowest BCUT2D eigenvalue weighted by Crippen LogP contribution is -2.25. The lowest BCUT2D eigenvalue weighted by Gasteiger charge is -2.21. The number of unbranched alkanes of at least 4 members (excludes halogenated alkanes) is 2. The summed E-state index contributed by atoms with van der Waals surface area (Å²) in [6, 6.07) is 10.3. The number of hydrogen-bond acceptors (Lipinski definition) is 3. The van der Waals surface area contributed by atoms with Crippen molar-refractivity contribution in [3.05, 3.63) is 29.8 Å². The van der Waals surface area contributed by atoms with Gasteiger partial charge in [-0.15, -0.1) is 0 Å². The highest BCUT2D eigenvalue weighted by Crippen LogP contribution is 2.11. The van der Waals surface area contributed by atoms with E-state index in [4.69, 9.17) is 11.0 Å². The number of nitrogens with zero attached hydrogens (tertiary/aromatic N) is 2. The van der Waals surface area contributed by atoms with Gasteiger partial charge in [-0.1, -0.05) is 19.1 Å². The van der Waals surface area contributed by atoms with Crippen LogP contribution in [-0.4, -0.2) is 18.0 Å². The smallest absolute Gasteiger partial charge is 0.0621 e. The summed E-state index contributed by atoms with van der Waals surface area (Å²) in [4.78, 5) is 2.44. The van der Waals surface area contributed by atoms with Gasteiger partial charge >= 0.3 is 0 Å². The highest BCUT2D eigenvalue weighted by atomic mass is 15.1. The molecule has 0 atom stereocenters. The lowest BCUT2D eigenvalue weighted by molar-refractivity contribution is 0.261. The predicted molar refractivity (Wildman–Crippen MR) is 75.9 cm³/mol. The van der Waals surface area contributed by atoms with E-state index in [0.29, 0.717) is 6.42 Å². The Balaban J connectivity index is 2.44. The van der Waals surface area contributed by atoms with Gasteiger partial charge in [0.2, 0.25) is 0 Å². The SMILES string of the molecule is CCCN(CCCCC#N)Cc1cccc(N)c1. The van der Waals surface area contributed by atoms with E-state index in [-0.39, 0.29) is 0 Å². The van der Waals surface area contributed by atoms with E-state index >= 15 is 0 Å². The fraction of sp³-hybridized carbons (Fsp3) is 0.533. The molecule has 0 amide bonds. The summed E-state index contributed by atoms with van der Waals surface area (Å²) in [5.74, 6) is 0. The van der Waals surface area contributed by atoms with Crippen LogP contribution in [0, 0.1) is 11.3 Å². The van der Waals surface area contributed by atoms with Gasteiger partial charge in [-0.25, -0.2) is 0 Å². The summed E-state index contributed by atoms with van der Waals surface area (Å²) < 4.78 is 0. The average molecular weight is 245 g/mol. The molecule has 0 aromatic heterocycles. The Bertz CT molecular complexity index is 382. The molecule has 0 aliphatic carbocycles. The Morgan fingerprint density at radius 3 is 2.78 bits per heavy atom. The highest BCUT2D eigenvalue weighted by Gasteiger charge is 2.05. The molecule has 18 heavy (non-hydrogen) atoms. The Morgan fingerprint density at radius 2 is 2.11 bits per heavy atom. The van der Waals surface area contributed by atoms with Crippen molar-refractivity contribution in [1.82, 2.24) is 4.90 Å². The molecule has 0 aliphatic rings. The third-order valence-electron chi connectivity index (χ3n) is 2.91. The monoisotopic (exact) mass is 245 g/mol. The second-order valence-corrected chi connectivity index (χ2v) is 4.64. The van der Waals surface area contributed by atoms with E-state index in [1.54, 1.807) is 0 Å². The van der Waals surface area contributed by atoms with Crippen LogP contribution in [0.3, 0.4) is 0 Å². The van der Waals surface area contributed by atoms with Gasteiger partial charge < -0.3 is 5.73 Å². The fourth-order valence-electron chi connectivity index (χ4n) is 2.08. The first-order valence-electron chi connectivity index (χ1n) is 6.70. The van der Waals surface area contributed by atoms with Crippen molar-refractivity contribution in [2.45, 2.75) is 39.2 Å². The third kappa shape index (κ3) is 5.70. The van der Waals surface area contributed by atoms with Crippen LogP contribution in [0.1, 0.15) is 38.2 Å². The van der Waals surface area contributed by atoms with Crippen LogP contribution in [0.15, 0.2) is 24.3 Å². The van der Waals surface area contributed by atoms with Crippen molar-refractivity contribution in [1.29, 1.82) is 5.26 Å². The molecule has 3 heteroatoms. The first-order valence-corrected chi connectivity index (χ1v) is 6.70. The molecule has 0 saturated heterocycles. The zero-order valence-electron chi connectivity index (χ0n) is 11.2. The molecule has 1 aromatic carbocycles. The molecule has 0 unspecified atom stereocenters. The summed E-state index contributed by atoms with van der Waals surface area (Å²) in [7, 11) is 0. The Kier molecular flexibility index (Phi) is 6.90. The van der Waals surface area contributed by atoms with E-state index in [1.165, 1.54) is 5.56 Å². The molecule has 0 heterocycles. The molecule has 1 rings (SSSR count). The van der Waals surface area contributed by atoms with Gasteiger partial charge in [0.25, 0.3) is 0 Å². The minimum atomic E-state index is 0.665. The summed E-state index contributed by atoms with van der Waals surface area (Å²) >= 11 is 0. The normalized spacial score (nSPS) is 10.5. The molecule has 0 radical (unpaired) electrons. The van der Waals surface area contributed by atoms with E-state index in [2.05, 4.69) is 24.0 Å². The molecular formula is C15H23N3. The second kappa shape index (κ2) is 8.54. The Hall–Kier alpha value is -1.53. The van der Waals surface area contributed by atoms with Crippen LogP contribution >= 0.6 is 0 Å². The molecule has 3 nitrogen and oxygen atoms in total.